The zero-order chi connectivity index (χ0) is 13.1. The summed E-state index contributed by atoms with van der Waals surface area (Å²) in [7, 11) is 0. The molecule has 2 aliphatic rings. The molecule has 1 aliphatic carbocycles. The molecule has 1 N–H and O–H groups in total. The fourth-order valence-electron chi connectivity index (χ4n) is 3.77. The highest BCUT2D eigenvalue weighted by molar-refractivity contribution is 7.10. The molecule has 106 valence electrons. The smallest absolute Gasteiger partial charge is 0.0362 e. The van der Waals surface area contributed by atoms with E-state index in [0.29, 0.717) is 6.04 Å². The number of aryl methyl sites for hydroxylation is 1. The predicted octanol–water partition coefficient (Wildman–Crippen LogP) is 3.59. The Bertz CT molecular complexity index is 395. The molecule has 0 bridgehead atoms. The van der Waals surface area contributed by atoms with E-state index in [1.165, 1.54) is 58.2 Å². The minimum Gasteiger partial charge on any atom is -0.315 e. The minimum absolute atomic E-state index is 0.694. The molecule has 0 radical (unpaired) electrons. The van der Waals surface area contributed by atoms with E-state index in [2.05, 4.69) is 28.6 Å². The Kier molecular flexibility index (Phi) is 4.57. The highest BCUT2D eigenvalue weighted by Gasteiger charge is 2.31. The standard InChI is InChI=1S/C16H26N2S/c1-2-10-18(13-5-4-9-17-12-13)15-6-3-7-16-14(15)8-11-19-16/h8,11,13,15,17H,2-7,9-10,12H2,1H3. The van der Waals surface area contributed by atoms with Crippen molar-refractivity contribution in [2.75, 3.05) is 19.6 Å². The zero-order valence-corrected chi connectivity index (χ0v) is 12.8. The quantitative estimate of drug-likeness (QED) is 0.905. The van der Waals surface area contributed by atoms with Gasteiger partial charge in [-0.2, -0.15) is 0 Å². The molecule has 0 amide bonds. The highest BCUT2D eigenvalue weighted by atomic mass is 32.1. The summed E-state index contributed by atoms with van der Waals surface area (Å²) in [6, 6.07) is 3.84. The molecular formula is C16H26N2S. The summed E-state index contributed by atoms with van der Waals surface area (Å²) in [5, 5.41) is 5.89. The van der Waals surface area contributed by atoms with Crippen molar-refractivity contribution >= 4 is 11.3 Å². The molecule has 1 fully saturated rings. The summed E-state index contributed by atoms with van der Waals surface area (Å²) >= 11 is 1.97. The number of rotatable bonds is 4. The van der Waals surface area contributed by atoms with E-state index < -0.39 is 0 Å². The molecule has 1 aromatic heterocycles. The molecule has 19 heavy (non-hydrogen) atoms. The number of hydrogen-bond donors (Lipinski definition) is 1. The van der Waals surface area contributed by atoms with Crippen molar-refractivity contribution in [3.05, 3.63) is 21.9 Å². The minimum atomic E-state index is 0.694. The number of thiophene rings is 1. The van der Waals surface area contributed by atoms with Crippen LogP contribution in [-0.2, 0) is 6.42 Å². The predicted molar refractivity (Wildman–Crippen MR) is 82.9 cm³/mol. The van der Waals surface area contributed by atoms with E-state index >= 15 is 0 Å². The second kappa shape index (κ2) is 6.38. The van der Waals surface area contributed by atoms with Crippen LogP contribution in [0.25, 0.3) is 0 Å². The van der Waals surface area contributed by atoms with Crippen LogP contribution in [0.4, 0.5) is 0 Å². The first-order chi connectivity index (χ1) is 9.40. The molecule has 2 atom stereocenters. The first-order valence-electron chi connectivity index (χ1n) is 7.93. The van der Waals surface area contributed by atoms with Crippen molar-refractivity contribution in [2.45, 2.75) is 57.5 Å². The number of hydrogen-bond acceptors (Lipinski definition) is 3. The largest absolute Gasteiger partial charge is 0.315 e. The van der Waals surface area contributed by atoms with E-state index in [1.807, 2.05) is 11.3 Å². The SMILES string of the molecule is CCCN(C1CCCNC1)C1CCCc2sccc21. The molecule has 0 saturated carbocycles. The van der Waals surface area contributed by atoms with Gasteiger partial charge in [0.25, 0.3) is 0 Å². The van der Waals surface area contributed by atoms with Crippen LogP contribution < -0.4 is 5.32 Å². The molecule has 1 aliphatic heterocycles. The van der Waals surface area contributed by atoms with Crippen LogP contribution >= 0.6 is 11.3 Å². The van der Waals surface area contributed by atoms with Crippen LogP contribution in [0.1, 0.15) is 55.5 Å². The van der Waals surface area contributed by atoms with Gasteiger partial charge >= 0.3 is 0 Å². The molecule has 2 nitrogen and oxygen atoms in total. The first-order valence-corrected chi connectivity index (χ1v) is 8.81. The molecule has 1 aromatic rings. The van der Waals surface area contributed by atoms with Gasteiger partial charge in [-0.1, -0.05) is 6.92 Å². The van der Waals surface area contributed by atoms with Gasteiger partial charge in [0.1, 0.15) is 0 Å². The molecule has 3 rings (SSSR count). The fraction of sp³-hybridized carbons (Fsp3) is 0.750. The lowest BCUT2D eigenvalue weighted by Gasteiger charge is -2.41. The van der Waals surface area contributed by atoms with E-state index in [4.69, 9.17) is 0 Å². The Morgan fingerprint density at radius 2 is 2.32 bits per heavy atom. The maximum Gasteiger partial charge on any atom is 0.0362 e. The van der Waals surface area contributed by atoms with Crippen molar-refractivity contribution < 1.29 is 0 Å². The van der Waals surface area contributed by atoms with Crippen molar-refractivity contribution in [2.24, 2.45) is 0 Å². The topological polar surface area (TPSA) is 15.3 Å². The maximum atomic E-state index is 3.59. The van der Waals surface area contributed by atoms with Crippen LogP contribution in [-0.4, -0.2) is 30.6 Å². The van der Waals surface area contributed by atoms with Gasteiger partial charge in [-0.15, -0.1) is 11.3 Å². The molecule has 2 heterocycles. The lowest BCUT2D eigenvalue weighted by atomic mass is 9.90. The fourth-order valence-corrected chi connectivity index (χ4v) is 4.76. The van der Waals surface area contributed by atoms with Gasteiger partial charge in [-0.25, -0.2) is 0 Å². The van der Waals surface area contributed by atoms with E-state index in [1.54, 1.807) is 10.4 Å². The molecule has 0 spiro atoms. The normalized spacial score (nSPS) is 27.5. The van der Waals surface area contributed by atoms with E-state index in [-0.39, 0.29) is 0 Å². The van der Waals surface area contributed by atoms with Crippen molar-refractivity contribution in [1.82, 2.24) is 10.2 Å². The van der Waals surface area contributed by atoms with E-state index in [9.17, 15) is 0 Å². The van der Waals surface area contributed by atoms with Crippen LogP contribution in [0.2, 0.25) is 0 Å². The highest BCUT2D eigenvalue weighted by Crippen LogP contribution is 2.38. The maximum absolute atomic E-state index is 3.59. The first kappa shape index (κ1) is 13.6. The van der Waals surface area contributed by atoms with Crippen molar-refractivity contribution in [1.29, 1.82) is 0 Å². The lowest BCUT2D eigenvalue weighted by molar-refractivity contribution is 0.101. The van der Waals surface area contributed by atoms with Gasteiger partial charge < -0.3 is 5.32 Å². The van der Waals surface area contributed by atoms with Gasteiger partial charge in [0.15, 0.2) is 0 Å². The van der Waals surface area contributed by atoms with E-state index in [0.717, 1.165) is 6.04 Å². The van der Waals surface area contributed by atoms with Crippen LogP contribution in [0, 0.1) is 0 Å². The number of nitrogens with one attached hydrogen (secondary N) is 1. The lowest BCUT2D eigenvalue weighted by Crippen LogP contribution is -2.48. The molecule has 3 heteroatoms. The molecule has 0 aromatic carbocycles. The summed E-state index contributed by atoms with van der Waals surface area (Å²) in [5.74, 6) is 0. The summed E-state index contributed by atoms with van der Waals surface area (Å²) < 4.78 is 0. The second-order valence-corrected chi connectivity index (χ2v) is 6.95. The van der Waals surface area contributed by atoms with Crippen LogP contribution in [0.3, 0.4) is 0 Å². The third-order valence-electron chi connectivity index (χ3n) is 4.64. The number of nitrogens with zero attached hydrogens (tertiary/aromatic N) is 1. The number of fused-ring (bicyclic) bond motifs is 1. The third kappa shape index (κ3) is 2.88. The summed E-state index contributed by atoms with van der Waals surface area (Å²) in [5.41, 5.74) is 1.65. The van der Waals surface area contributed by atoms with Gasteiger partial charge in [0.05, 0.1) is 0 Å². The Morgan fingerprint density at radius 3 is 3.11 bits per heavy atom. The summed E-state index contributed by atoms with van der Waals surface area (Å²) in [6.07, 6.45) is 8.04. The molecule has 1 saturated heterocycles. The van der Waals surface area contributed by atoms with Crippen molar-refractivity contribution in [3.63, 3.8) is 0 Å². The van der Waals surface area contributed by atoms with Crippen LogP contribution in [0.5, 0.6) is 0 Å². The Labute approximate surface area is 121 Å². The average Bonchev–Trinajstić information content (AvgIpc) is 2.94. The number of piperidine rings is 1. The average molecular weight is 278 g/mol. The zero-order valence-electron chi connectivity index (χ0n) is 12.0. The van der Waals surface area contributed by atoms with Crippen molar-refractivity contribution in [3.8, 4) is 0 Å². The van der Waals surface area contributed by atoms with Gasteiger partial charge in [0.2, 0.25) is 0 Å². The monoisotopic (exact) mass is 278 g/mol. The second-order valence-electron chi connectivity index (χ2n) is 5.95. The summed E-state index contributed by atoms with van der Waals surface area (Å²) in [4.78, 5) is 4.47. The van der Waals surface area contributed by atoms with Gasteiger partial charge in [-0.05, 0) is 68.6 Å². The van der Waals surface area contributed by atoms with Crippen LogP contribution in [0.15, 0.2) is 11.4 Å². The third-order valence-corrected chi connectivity index (χ3v) is 5.64. The molecular weight excluding hydrogens is 252 g/mol. The Hall–Kier alpha value is -0.380. The van der Waals surface area contributed by atoms with Gasteiger partial charge in [-0.3, -0.25) is 4.90 Å². The molecule has 2 unspecified atom stereocenters. The Balaban J connectivity index is 1.80. The van der Waals surface area contributed by atoms with Gasteiger partial charge in [0, 0.05) is 23.5 Å². The summed E-state index contributed by atoms with van der Waals surface area (Å²) in [6.45, 7) is 5.98. The Morgan fingerprint density at radius 1 is 1.37 bits per heavy atom.